The standard InChI is InChI=1S/C20H22N4O2/c1-26-15-10-8-14(9-11-15)13-22-16-5-4-6-17-19(16)20(25)24(23-17)18-7-2-3-12-21-18/h2-3,7-12,16,22-23H,4-6,13H2,1H3. The third kappa shape index (κ3) is 3.15. The van der Waals surface area contributed by atoms with Gasteiger partial charge in [-0.05, 0) is 49.1 Å². The molecule has 2 N–H and O–H groups in total. The van der Waals surface area contributed by atoms with Crippen LogP contribution in [-0.2, 0) is 13.0 Å². The minimum Gasteiger partial charge on any atom is -0.497 e. The second-order valence-electron chi connectivity index (χ2n) is 6.51. The number of hydrogen-bond acceptors (Lipinski definition) is 4. The minimum absolute atomic E-state index is 0.00868. The van der Waals surface area contributed by atoms with Gasteiger partial charge in [-0.25, -0.2) is 9.67 Å². The Morgan fingerprint density at radius 2 is 2.12 bits per heavy atom. The van der Waals surface area contributed by atoms with Crippen LogP contribution in [0.15, 0.2) is 53.5 Å². The number of aryl methyl sites for hydroxylation is 1. The first-order chi connectivity index (χ1) is 12.8. The van der Waals surface area contributed by atoms with Crippen molar-refractivity contribution in [3.8, 4) is 11.6 Å². The van der Waals surface area contributed by atoms with Crippen LogP contribution in [0.25, 0.3) is 5.82 Å². The molecule has 1 atom stereocenters. The monoisotopic (exact) mass is 350 g/mol. The Morgan fingerprint density at radius 1 is 1.27 bits per heavy atom. The number of benzene rings is 1. The van der Waals surface area contributed by atoms with Crippen LogP contribution in [0.1, 0.15) is 35.7 Å². The van der Waals surface area contributed by atoms with Crippen LogP contribution in [0.2, 0.25) is 0 Å². The van der Waals surface area contributed by atoms with Crippen molar-refractivity contribution >= 4 is 0 Å². The van der Waals surface area contributed by atoms with E-state index in [4.69, 9.17) is 4.74 Å². The Hall–Kier alpha value is -2.86. The number of rotatable bonds is 5. The molecule has 1 aromatic carbocycles. The Balaban J connectivity index is 1.57. The summed E-state index contributed by atoms with van der Waals surface area (Å²) in [6, 6.07) is 13.6. The van der Waals surface area contributed by atoms with Gasteiger partial charge in [0.05, 0.1) is 12.7 Å². The Kier molecular flexibility index (Phi) is 4.58. The number of hydrogen-bond donors (Lipinski definition) is 2. The lowest BCUT2D eigenvalue weighted by Crippen LogP contribution is -2.29. The quantitative estimate of drug-likeness (QED) is 0.742. The maximum Gasteiger partial charge on any atom is 0.277 e. The normalized spacial score (nSPS) is 16.3. The fraction of sp³-hybridized carbons (Fsp3) is 0.300. The maximum absolute atomic E-state index is 13.0. The van der Waals surface area contributed by atoms with Crippen LogP contribution in [0, 0.1) is 0 Å². The van der Waals surface area contributed by atoms with Gasteiger partial charge in [0.2, 0.25) is 0 Å². The first-order valence-corrected chi connectivity index (χ1v) is 8.88. The van der Waals surface area contributed by atoms with Gasteiger partial charge in [0, 0.05) is 24.5 Å². The van der Waals surface area contributed by atoms with Crippen molar-refractivity contribution in [1.29, 1.82) is 0 Å². The van der Waals surface area contributed by atoms with Gasteiger partial charge in [-0.1, -0.05) is 18.2 Å². The molecule has 0 saturated carbocycles. The van der Waals surface area contributed by atoms with Crippen LogP contribution in [0.5, 0.6) is 5.75 Å². The summed E-state index contributed by atoms with van der Waals surface area (Å²) < 4.78 is 6.75. The summed E-state index contributed by atoms with van der Waals surface area (Å²) >= 11 is 0. The lowest BCUT2D eigenvalue weighted by molar-refractivity contribution is 0.414. The zero-order chi connectivity index (χ0) is 17.9. The van der Waals surface area contributed by atoms with E-state index < -0.39 is 0 Å². The van der Waals surface area contributed by atoms with Gasteiger partial charge in [-0.15, -0.1) is 0 Å². The van der Waals surface area contributed by atoms with Crippen LogP contribution in [0.4, 0.5) is 0 Å². The average molecular weight is 350 g/mol. The van der Waals surface area contributed by atoms with E-state index in [9.17, 15) is 4.79 Å². The SMILES string of the molecule is COc1ccc(CNC2CCCc3[nH]n(-c4ccccn4)c(=O)c32)cc1. The largest absolute Gasteiger partial charge is 0.497 e. The molecule has 6 nitrogen and oxygen atoms in total. The van der Waals surface area contributed by atoms with Crippen molar-refractivity contribution < 1.29 is 4.74 Å². The van der Waals surface area contributed by atoms with Gasteiger partial charge in [-0.2, -0.15) is 0 Å². The predicted molar refractivity (Wildman–Crippen MR) is 99.7 cm³/mol. The van der Waals surface area contributed by atoms with E-state index in [0.717, 1.165) is 36.3 Å². The van der Waals surface area contributed by atoms with Crippen molar-refractivity contribution in [1.82, 2.24) is 20.1 Å². The smallest absolute Gasteiger partial charge is 0.277 e. The summed E-state index contributed by atoms with van der Waals surface area (Å²) in [6.45, 7) is 0.711. The predicted octanol–water partition coefficient (Wildman–Crippen LogP) is 2.74. The molecule has 0 saturated heterocycles. The number of pyridine rings is 1. The number of H-pyrrole nitrogens is 1. The van der Waals surface area contributed by atoms with Gasteiger partial charge in [-0.3, -0.25) is 9.89 Å². The molecule has 1 aliphatic carbocycles. The molecule has 0 bridgehead atoms. The van der Waals surface area contributed by atoms with Crippen molar-refractivity contribution in [2.24, 2.45) is 0 Å². The molecule has 0 fully saturated rings. The minimum atomic E-state index is -0.00868. The highest BCUT2D eigenvalue weighted by atomic mass is 16.5. The maximum atomic E-state index is 13.0. The number of ether oxygens (including phenoxy) is 1. The number of aromatic nitrogens is 3. The highest BCUT2D eigenvalue weighted by Crippen LogP contribution is 2.27. The molecule has 0 amide bonds. The van der Waals surface area contributed by atoms with Crippen molar-refractivity contribution in [2.75, 3.05) is 7.11 Å². The number of nitrogens with zero attached hydrogens (tertiary/aromatic N) is 2. The number of methoxy groups -OCH3 is 1. The molecule has 1 aliphatic rings. The van der Waals surface area contributed by atoms with E-state index >= 15 is 0 Å². The molecule has 0 aliphatic heterocycles. The van der Waals surface area contributed by atoms with Crippen LogP contribution in [-0.4, -0.2) is 21.9 Å². The van der Waals surface area contributed by atoms with Gasteiger partial charge < -0.3 is 10.1 Å². The lowest BCUT2D eigenvalue weighted by Gasteiger charge is -2.22. The summed E-state index contributed by atoms with van der Waals surface area (Å²) in [5.74, 6) is 1.47. The van der Waals surface area contributed by atoms with Gasteiger partial charge in [0.15, 0.2) is 5.82 Å². The summed E-state index contributed by atoms with van der Waals surface area (Å²) in [7, 11) is 1.66. The molecular weight excluding hydrogens is 328 g/mol. The molecule has 4 rings (SSSR count). The van der Waals surface area contributed by atoms with Gasteiger partial charge >= 0.3 is 0 Å². The fourth-order valence-electron chi connectivity index (χ4n) is 3.51. The van der Waals surface area contributed by atoms with Crippen LogP contribution < -0.4 is 15.6 Å². The summed E-state index contributed by atoms with van der Waals surface area (Å²) in [5, 5.41) is 6.79. The Bertz CT molecular complexity index is 929. The number of fused-ring (bicyclic) bond motifs is 1. The third-order valence-corrected chi connectivity index (χ3v) is 4.86. The molecule has 134 valence electrons. The van der Waals surface area contributed by atoms with Crippen molar-refractivity contribution in [2.45, 2.75) is 31.8 Å². The zero-order valence-corrected chi connectivity index (χ0v) is 14.7. The molecule has 2 aromatic heterocycles. The van der Waals surface area contributed by atoms with Crippen molar-refractivity contribution in [3.05, 3.63) is 75.8 Å². The molecule has 2 heterocycles. The molecule has 6 heteroatoms. The molecule has 0 spiro atoms. The van der Waals surface area contributed by atoms with Gasteiger partial charge in [0.25, 0.3) is 5.56 Å². The van der Waals surface area contributed by atoms with Crippen LogP contribution in [0.3, 0.4) is 0 Å². The second-order valence-corrected chi connectivity index (χ2v) is 6.51. The molecule has 1 unspecified atom stereocenters. The van der Waals surface area contributed by atoms with Crippen LogP contribution >= 0.6 is 0 Å². The van der Waals surface area contributed by atoms with E-state index in [0.29, 0.717) is 12.4 Å². The fourth-order valence-corrected chi connectivity index (χ4v) is 3.51. The van der Waals surface area contributed by atoms with E-state index in [1.807, 2.05) is 42.5 Å². The zero-order valence-electron chi connectivity index (χ0n) is 14.7. The summed E-state index contributed by atoms with van der Waals surface area (Å²) in [6.07, 6.45) is 4.60. The Labute approximate surface area is 151 Å². The average Bonchev–Trinajstić information content (AvgIpc) is 3.05. The molecule has 3 aromatic rings. The van der Waals surface area contributed by atoms with E-state index in [-0.39, 0.29) is 11.6 Å². The molecule has 26 heavy (non-hydrogen) atoms. The molecule has 0 radical (unpaired) electrons. The van der Waals surface area contributed by atoms with Crippen molar-refractivity contribution in [3.63, 3.8) is 0 Å². The highest BCUT2D eigenvalue weighted by molar-refractivity contribution is 5.31. The topological polar surface area (TPSA) is 71.9 Å². The highest BCUT2D eigenvalue weighted by Gasteiger charge is 2.27. The number of aromatic amines is 1. The first-order valence-electron chi connectivity index (χ1n) is 8.88. The van der Waals surface area contributed by atoms with E-state index in [1.54, 1.807) is 18.0 Å². The Morgan fingerprint density at radius 3 is 2.85 bits per heavy atom. The van der Waals surface area contributed by atoms with E-state index in [1.165, 1.54) is 5.56 Å². The van der Waals surface area contributed by atoms with E-state index in [2.05, 4.69) is 15.4 Å². The summed E-state index contributed by atoms with van der Waals surface area (Å²) in [4.78, 5) is 17.2. The number of nitrogens with one attached hydrogen (secondary N) is 2. The van der Waals surface area contributed by atoms with Gasteiger partial charge in [0.1, 0.15) is 5.75 Å². The summed E-state index contributed by atoms with van der Waals surface area (Å²) in [5.41, 5.74) is 3.01. The molecular formula is C20H22N4O2. The second kappa shape index (κ2) is 7.17. The third-order valence-electron chi connectivity index (χ3n) is 4.86. The lowest BCUT2D eigenvalue weighted by atomic mass is 9.93. The first kappa shape index (κ1) is 16.6.